The van der Waals surface area contributed by atoms with Crippen LogP contribution in [0.25, 0.3) is 0 Å². The maximum absolute atomic E-state index is 11.5. The van der Waals surface area contributed by atoms with E-state index in [-0.39, 0.29) is 12.6 Å². The average Bonchev–Trinajstić information content (AvgIpc) is 2.63. The third-order valence-corrected chi connectivity index (χ3v) is 2.84. The van der Waals surface area contributed by atoms with Crippen LogP contribution in [0.4, 0.5) is 4.79 Å². The van der Waals surface area contributed by atoms with Crippen LogP contribution in [-0.4, -0.2) is 29.3 Å². The highest BCUT2D eigenvalue weighted by Crippen LogP contribution is 2.27. The zero-order chi connectivity index (χ0) is 14.2. The number of amides is 1. The van der Waals surface area contributed by atoms with E-state index in [0.717, 1.165) is 18.8 Å². The van der Waals surface area contributed by atoms with Gasteiger partial charge in [0.05, 0.1) is 0 Å². The summed E-state index contributed by atoms with van der Waals surface area (Å²) in [6.07, 6.45) is 4.38. The summed E-state index contributed by atoms with van der Waals surface area (Å²) in [4.78, 5) is 19.8. The first kappa shape index (κ1) is 16.7. The Bertz CT molecular complexity index is 260. The number of carbonyl (C=O) groups excluding carboxylic acids is 1. The molecule has 106 valence electrons. The fourth-order valence-electron chi connectivity index (χ4n) is 2.05. The molecule has 0 saturated heterocycles. The SMILES string of the molecule is CCC1CCC(NC(=O)OC(C)(C)C)C1.O=CO. The van der Waals surface area contributed by atoms with E-state index in [2.05, 4.69) is 12.2 Å². The first-order chi connectivity index (χ1) is 8.32. The van der Waals surface area contributed by atoms with Crippen molar-refractivity contribution in [1.82, 2.24) is 5.32 Å². The molecule has 0 spiro atoms. The van der Waals surface area contributed by atoms with Gasteiger partial charge in [0.15, 0.2) is 0 Å². The van der Waals surface area contributed by atoms with E-state index in [1.54, 1.807) is 0 Å². The predicted octanol–water partition coefficient (Wildman–Crippen LogP) is 2.79. The van der Waals surface area contributed by atoms with Crippen LogP contribution < -0.4 is 5.32 Å². The molecule has 0 bridgehead atoms. The van der Waals surface area contributed by atoms with Crippen LogP contribution in [0.1, 0.15) is 53.4 Å². The van der Waals surface area contributed by atoms with Gasteiger partial charge in [-0.15, -0.1) is 0 Å². The Kier molecular flexibility index (Phi) is 7.39. The molecule has 5 heteroatoms. The predicted molar refractivity (Wildman–Crippen MR) is 69.5 cm³/mol. The summed E-state index contributed by atoms with van der Waals surface area (Å²) in [5.41, 5.74) is -0.396. The highest BCUT2D eigenvalue weighted by Gasteiger charge is 2.26. The standard InChI is InChI=1S/C12H23NO2.CH2O2/c1-5-9-6-7-10(8-9)13-11(14)15-12(2,3)4;2-1-3/h9-10H,5-8H2,1-4H3,(H,13,14);1H,(H,2,3). The molecular weight excluding hydrogens is 234 g/mol. The molecule has 0 aliphatic heterocycles. The van der Waals surface area contributed by atoms with Gasteiger partial charge < -0.3 is 15.2 Å². The van der Waals surface area contributed by atoms with Crippen LogP contribution in [0.5, 0.6) is 0 Å². The lowest BCUT2D eigenvalue weighted by molar-refractivity contribution is -0.122. The summed E-state index contributed by atoms with van der Waals surface area (Å²) >= 11 is 0. The quantitative estimate of drug-likeness (QED) is 0.748. The Morgan fingerprint density at radius 3 is 2.39 bits per heavy atom. The second-order valence-electron chi connectivity index (χ2n) is 5.54. The molecule has 0 heterocycles. The number of ether oxygens (including phenoxy) is 1. The zero-order valence-corrected chi connectivity index (χ0v) is 11.7. The van der Waals surface area contributed by atoms with E-state index in [4.69, 9.17) is 14.6 Å². The van der Waals surface area contributed by atoms with Crippen molar-refractivity contribution in [1.29, 1.82) is 0 Å². The van der Waals surface area contributed by atoms with Crippen molar-refractivity contribution in [2.24, 2.45) is 5.92 Å². The van der Waals surface area contributed by atoms with Crippen LogP contribution in [-0.2, 0) is 9.53 Å². The van der Waals surface area contributed by atoms with Crippen LogP contribution in [0.3, 0.4) is 0 Å². The van der Waals surface area contributed by atoms with Crippen molar-refractivity contribution < 1.29 is 19.4 Å². The van der Waals surface area contributed by atoms with Crippen LogP contribution >= 0.6 is 0 Å². The van der Waals surface area contributed by atoms with Crippen molar-refractivity contribution in [2.45, 2.75) is 65.0 Å². The summed E-state index contributed by atoms with van der Waals surface area (Å²) in [5, 5.41) is 9.83. The Labute approximate surface area is 109 Å². The van der Waals surface area contributed by atoms with Gasteiger partial charge in [-0.1, -0.05) is 13.3 Å². The molecule has 2 unspecified atom stereocenters. The number of carboxylic acid groups (broad SMARTS) is 1. The molecule has 1 rings (SSSR count). The average molecular weight is 259 g/mol. The minimum atomic E-state index is -0.396. The van der Waals surface area contributed by atoms with Gasteiger partial charge in [-0.2, -0.15) is 0 Å². The summed E-state index contributed by atoms with van der Waals surface area (Å²) in [6.45, 7) is 7.61. The summed E-state index contributed by atoms with van der Waals surface area (Å²) < 4.78 is 5.22. The highest BCUT2D eigenvalue weighted by atomic mass is 16.6. The van der Waals surface area contributed by atoms with Gasteiger partial charge in [0.25, 0.3) is 6.47 Å². The molecule has 1 saturated carbocycles. The van der Waals surface area contributed by atoms with Crippen molar-refractivity contribution in [3.63, 3.8) is 0 Å². The second-order valence-corrected chi connectivity index (χ2v) is 5.54. The third kappa shape index (κ3) is 7.92. The van der Waals surface area contributed by atoms with Gasteiger partial charge in [0, 0.05) is 6.04 Å². The number of rotatable bonds is 2. The molecular formula is C13H25NO4. The van der Waals surface area contributed by atoms with Crippen molar-refractivity contribution in [3.05, 3.63) is 0 Å². The minimum Gasteiger partial charge on any atom is -0.483 e. The fourth-order valence-corrected chi connectivity index (χ4v) is 2.05. The van der Waals surface area contributed by atoms with Crippen molar-refractivity contribution >= 4 is 12.6 Å². The van der Waals surface area contributed by atoms with Gasteiger partial charge >= 0.3 is 6.09 Å². The monoisotopic (exact) mass is 259 g/mol. The maximum atomic E-state index is 11.5. The summed E-state index contributed by atoms with van der Waals surface area (Å²) in [5.74, 6) is 0.782. The molecule has 1 aliphatic rings. The van der Waals surface area contributed by atoms with Gasteiger partial charge in [-0.3, -0.25) is 4.79 Å². The first-order valence-corrected chi connectivity index (χ1v) is 6.39. The summed E-state index contributed by atoms with van der Waals surface area (Å²) in [7, 11) is 0. The topological polar surface area (TPSA) is 75.6 Å². The fraction of sp³-hybridized carbons (Fsp3) is 0.846. The Morgan fingerprint density at radius 2 is 2.00 bits per heavy atom. The molecule has 1 amide bonds. The molecule has 0 radical (unpaired) electrons. The number of alkyl carbamates (subject to hydrolysis) is 1. The lowest BCUT2D eigenvalue weighted by atomic mass is 10.1. The van der Waals surface area contributed by atoms with Crippen LogP contribution in [0.15, 0.2) is 0 Å². The van der Waals surface area contributed by atoms with E-state index in [9.17, 15) is 4.79 Å². The first-order valence-electron chi connectivity index (χ1n) is 6.39. The third-order valence-electron chi connectivity index (χ3n) is 2.84. The molecule has 1 fully saturated rings. The van der Waals surface area contributed by atoms with E-state index >= 15 is 0 Å². The van der Waals surface area contributed by atoms with Gasteiger partial charge in [-0.25, -0.2) is 4.79 Å². The second kappa shape index (κ2) is 7.95. The highest BCUT2D eigenvalue weighted by molar-refractivity contribution is 5.68. The van der Waals surface area contributed by atoms with Gasteiger partial charge in [-0.05, 0) is 46.0 Å². The molecule has 2 N–H and O–H groups in total. The summed E-state index contributed by atoms with van der Waals surface area (Å²) in [6, 6.07) is 0.324. The van der Waals surface area contributed by atoms with E-state index in [0.29, 0.717) is 6.04 Å². The molecule has 0 aromatic carbocycles. The largest absolute Gasteiger partial charge is 0.483 e. The Balaban J connectivity index is 0.000000873. The number of hydrogen-bond donors (Lipinski definition) is 2. The lowest BCUT2D eigenvalue weighted by Crippen LogP contribution is -2.37. The van der Waals surface area contributed by atoms with Crippen LogP contribution in [0, 0.1) is 5.92 Å². The van der Waals surface area contributed by atoms with E-state index < -0.39 is 5.60 Å². The van der Waals surface area contributed by atoms with Crippen molar-refractivity contribution in [3.8, 4) is 0 Å². The normalized spacial score (nSPS) is 22.7. The van der Waals surface area contributed by atoms with Gasteiger partial charge in [0.2, 0.25) is 0 Å². The Morgan fingerprint density at radius 1 is 1.44 bits per heavy atom. The minimum absolute atomic E-state index is 0.250. The molecule has 0 aromatic rings. The maximum Gasteiger partial charge on any atom is 0.407 e. The number of carbonyl (C=O) groups is 2. The molecule has 0 aromatic heterocycles. The Hall–Kier alpha value is -1.26. The van der Waals surface area contributed by atoms with Crippen LogP contribution in [0.2, 0.25) is 0 Å². The van der Waals surface area contributed by atoms with Crippen molar-refractivity contribution in [2.75, 3.05) is 0 Å². The lowest BCUT2D eigenvalue weighted by Gasteiger charge is -2.21. The van der Waals surface area contributed by atoms with E-state index in [1.165, 1.54) is 12.8 Å². The van der Waals surface area contributed by atoms with Gasteiger partial charge in [0.1, 0.15) is 5.60 Å². The molecule has 1 aliphatic carbocycles. The smallest absolute Gasteiger partial charge is 0.407 e. The molecule has 2 atom stereocenters. The zero-order valence-electron chi connectivity index (χ0n) is 11.7. The number of hydrogen-bond acceptors (Lipinski definition) is 3. The molecule has 18 heavy (non-hydrogen) atoms. The number of nitrogens with one attached hydrogen (secondary N) is 1. The molecule has 5 nitrogen and oxygen atoms in total. The van der Waals surface area contributed by atoms with E-state index in [1.807, 2.05) is 20.8 Å².